The van der Waals surface area contributed by atoms with Gasteiger partial charge in [-0.3, -0.25) is 9.36 Å². The van der Waals surface area contributed by atoms with Gasteiger partial charge in [0.15, 0.2) is 0 Å². The maximum absolute atomic E-state index is 12.1. The average molecular weight is 322 g/mol. The lowest BCUT2D eigenvalue weighted by atomic mass is 10.1. The first-order valence-electron chi connectivity index (χ1n) is 8.11. The molecule has 122 valence electrons. The molecule has 1 saturated heterocycles. The summed E-state index contributed by atoms with van der Waals surface area (Å²) in [6.45, 7) is 0.743. The number of hydrogen-bond donors (Lipinski definition) is 2. The standard InChI is InChI=1S/C17H18N6O/c24-16-13(6-3-4-9-18-16)21-15-8-10-19-17(22-15)23-11-20-12-5-1-2-7-14(12)23/h1-2,5,7-8,10-11,13H,3-4,6,9H2,(H,18,24)(H,19,21,22). The Kier molecular flexibility index (Phi) is 3.82. The first-order chi connectivity index (χ1) is 11.8. The predicted octanol–water partition coefficient (Wildman–Crippen LogP) is 1.90. The van der Waals surface area contributed by atoms with Gasteiger partial charge in [-0.1, -0.05) is 12.1 Å². The number of carbonyl (C=O) groups excluding carboxylic acids is 1. The van der Waals surface area contributed by atoms with E-state index in [0.29, 0.717) is 11.8 Å². The van der Waals surface area contributed by atoms with Gasteiger partial charge >= 0.3 is 0 Å². The first kappa shape index (κ1) is 14.6. The molecule has 1 aromatic carbocycles. The molecule has 0 aliphatic carbocycles. The van der Waals surface area contributed by atoms with Gasteiger partial charge < -0.3 is 10.6 Å². The van der Waals surface area contributed by atoms with E-state index in [1.807, 2.05) is 28.8 Å². The van der Waals surface area contributed by atoms with Crippen LogP contribution in [0.5, 0.6) is 0 Å². The number of imidazole rings is 1. The van der Waals surface area contributed by atoms with Gasteiger partial charge in [-0.2, -0.15) is 4.98 Å². The van der Waals surface area contributed by atoms with Crippen LogP contribution in [0.4, 0.5) is 5.82 Å². The summed E-state index contributed by atoms with van der Waals surface area (Å²) < 4.78 is 1.84. The number of benzene rings is 1. The number of rotatable bonds is 3. The third-order valence-electron chi connectivity index (χ3n) is 4.17. The lowest BCUT2D eigenvalue weighted by Gasteiger charge is -2.16. The quantitative estimate of drug-likeness (QED) is 0.769. The molecular weight excluding hydrogens is 304 g/mol. The fourth-order valence-corrected chi connectivity index (χ4v) is 2.92. The van der Waals surface area contributed by atoms with Crippen LogP contribution in [0.2, 0.25) is 0 Å². The Labute approximate surface area is 139 Å². The van der Waals surface area contributed by atoms with Crippen LogP contribution in [-0.2, 0) is 4.79 Å². The van der Waals surface area contributed by atoms with Crippen LogP contribution in [0.1, 0.15) is 19.3 Å². The zero-order valence-corrected chi connectivity index (χ0v) is 13.1. The molecule has 7 heteroatoms. The smallest absolute Gasteiger partial charge is 0.242 e. The van der Waals surface area contributed by atoms with Crippen molar-refractivity contribution >= 4 is 22.8 Å². The summed E-state index contributed by atoms with van der Waals surface area (Å²) in [7, 11) is 0. The Balaban J connectivity index is 1.63. The normalized spacial score (nSPS) is 18.2. The largest absolute Gasteiger partial charge is 0.358 e. The zero-order chi connectivity index (χ0) is 16.4. The molecule has 4 rings (SSSR count). The molecule has 0 spiro atoms. The Hall–Kier alpha value is -2.96. The molecule has 3 heterocycles. The van der Waals surface area contributed by atoms with E-state index < -0.39 is 0 Å². The van der Waals surface area contributed by atoms with Crippen molar-refractivity contribution in [3.8, 4) is 5.95 Å². The van der Waals surface area contributed by atoms with Crippen LogP contribution < -0.4 is 10.6 Å². The molecule has 1 atom stereocenters. The Bertz CT molecular complexity index is 874. The van der Waals surface area contributed by atoms with Gasteiger partial charge in [-0.15, -0.1) is 0 Å². The minimum atomic E-state index is -0.255. The highest BCUT2D eigenvalue weighted by molar-refractivity contribution is 5.84. The summed E-state index contributed by atoms with van der Waals surface area (Å²) in [6.07, 6.45) is 6.23. The van der Waals surface area contributed by atoms with Crippen molar-refractivity contribution in [2.24, 2.45) is 0 Å². The van der Waals surface area contributed by atoms with Crippen molar-refractivity contribution in [2.45, 2.75) is 25.3 Å². The first-order valence-corrected chi connectivity index (χ1v) is 8.11. The number of amides is 1. The van der Waals surface area contributed by atoms with E-state index >= 15 is 0 Å². The number of carbonyl (C=O) groups is 1. The molecule has 1 unspecified atom stereocenters. The zero-order valence-electron chi connectivity index (χ0n) is 13.1. The maximum Gasteiger partial charge on any atom is 0.242 e. The maximum atomic E-state index is 12.1. The summed E-state index contributed by atoms with van der Waals surface area (Å²) >= 11 is 0. The van der Waals surface area contributed by atoms with Crippen LogP contribution in [0.3, 0.4) is 0 Å². The van der Waals surface area contributed by atoms with E-state index in [1.54, 1.807) is 18.6 Å². The summed E-state index contributed by atoms with van der Waals surface area (Å²) in [6, 6.07) is 9.35. The minimum absolute atomic E-state index is 0.0285. The lowest BCUT2D eigenvalue weighted by molar-refractivity contribution is -0.121. The van der Waals surface area contributed by atoms with E-state index in [0.717, 1.165) is 36.8 Å². The Morgan fingerprint density at radius 2 is 2.08 bits per heavy atom. The van der Waals surface area contributed by atoms with Crippen molar-refractivity contribution < 1.29 is 4.79 Å². The summed E-state index contributed by atoms with van der Waals surface area (Å²) in [5.41, 5.74) is 1.84. The molecule has 2 aromatic heterocycles. The van der Waals surface area contributed by atoms with Crippen molar-refractivity contribution in [2.75, 3.05) is 11.9 Å². The number of anilines is 1. The van der Waals surface area contributed by atoms with Gasteiger partial charge in [0, 0.05) is 12.7 Å². The van der Waals surface area contributed by atoms with Gasteiger partial charge in [-0.25, -0.2) is 9.97 Å². The van der Waals surface area contributed by atoms with E-state index in [-0.39, 0.29) is 11.9 Å². The van der Waals surface area contributed by atoms with E-state index in [2.05, 4.69) is 25.6 Å². The van der Waals surface area contributed by atoms with Gasteiger partial charge in [0.05, 0.1) is 11.0 Å². The molecule has 1 fully saturated rings. The van der Waals surface area contributed by atoms with Crippen LogP contribution in [0.15, 0.2) is 42.9 Å². The summed E-state index contributed by atoms with van der Waals surface area (Å²) in [5, 5.41) is 6.15. The van der Waals surface area contributed by atoms with E-state index in [1.165, 1.54) is 0 Å². The monoisotopic (exact) mass is 322 g/mol. The Morgan fingerprint density at radius 3 is 3.04 bits per heavy atom. The second kappa shape index (κ2) is 6.27. The van der Waals surface area contributed by atoms with E-state index in [4.69, 9.17) is 0 Å². The number of hydrogen-bond acceptors (Lipinski definition) is 5. The number of nitrogens with one attached hydrogen (secondary N) is 2. The number of nitrogens with zero attached hydrogens (tertiary/aromatic N) is 4. The second-order valence-corrected chi connectivity index (χ2v) is 5.83. The van der Waals surface area contributed by atoms with Crippen molar-refractivity contribution in [1.29, 1.82) is 0 Å². The number of para-hydroxylation sites is 2. The fourth-order valence-electron chi connectivity index (χ4n) is 2.92. The highest BCUT2D eigenvalue weighted by Gasteiger charge is 2.20. The fraction of sp³-hybridized carbons (Fsp3) is 0.294. The SMILES string of the molecule is O=C1NCCCCC1Nc1ccnc(-n2cnc3ccccc32)n1. The van der Waals surface area contributed by atoms with Crippen molar-refractivity contribution in [3.05, 3.63) is 42.9 Å². The molecule has 0 bridgehead atoms. The van der Waals surface area contributed by atoms with Crippen molar-refractivity contribution in [1.82, 2.24) is 24.8 Å². The van der Waals surface area contributed by atoms with Gasteiger partial charge in [-0.05, 0) is 37.5 Å². The third-order valence-corrected chi connectivity index (χ3v) is 4.17. The predicted molar refractivity (Wildman–Crippen MR) is 90.9 cm³/mol. The van der Waals surface area contributed by atoms with Crippen molar-refractivity contribution in [3.63, 3.8) is 0 Å². The molecule has 24 heavy (non-hydrogen) atoms. The molecule has 0 saturated carbocycles. The van der Waals surface area contributed by atoms with Gasteiger partial charge in [0.25, 0.3) is 0 Å². The third kappa shape index (κ3) is 2.80. The summed E-state index contributed by atoms with van der Waals surface area (Å²) in [4.78, 5) is 25.3. The highest BCUT2D eigenvalue weighted by atomic mass is 16.2. The molecule has 0 radical (unpaired) electrons. The lowest BCUT2D eigenvalue weighted by Crippen LogP contribution is -2.38. The van der Waals surface area contributed by atoms with Crippen LogP contribution >= 0.6 is 0 Å². The van der Waals surface area contributed by atoms with Gasteiger partial charge in [0.2, 0.25) is 11.9 Å². The van der Waals surface area contributed by atoms with Gasteiger partial charge in [0.1, 0.15) is 18.2 Å². The molecule has 3 aromatic rings. The molecule has 2 N–H and O–H groups in total. The number of aromatic nitrogens is 4. The second-order valence-electron chi connectivity index (χ2n) is 5.83. The van der Waals surface area contributed by atoms with Crippen LogP contribution in [0.25, 0.3) is 17.0 Å². The minimum Gasteiger partial charge on any atom is -0.358 e. The molecule has 1 aliphatic heterocycles. The van der Waals surface area contributed by atoms with E-state index in [9.17, 15) is 4.79 Å². The highest BCUT2D eigenvalue weighted by Crippen LogP contribution is 2.17. The topological polar surface area (TPSA) is 84.7 Å². The number of fused-ring (bicyclic) bond motifs is 1. The molecule has 1 amide bonds. The molecular formula is C17H18N6O. The Morgan fingerprint density at radius 1 is 1.17 bits per heavy atom. The summed E-state index contributed by atoms with van der Waals surface area (Å²) in [5.74, 6) is 1.20. The average Bonchev–Trinajstić information content (AvgIpc) is 2.94. The van der Waals surface area contributed by atoms with Crippen LogP contribution in [0, 0.1) is 0 Å². The van der Waals surface area contributed by atoms with Crippen LogP contribution in [-0.4, -0.2) is 38.0 Å². The molecule has 7 nitrogen and oxygen atoms in total. The molecule has 1 aliphatic rings.